The van der Waals surface area contributed by atoms with Crippen LogP contribution in [0.5, 0.6) is 0 Å². The van der Waals surface area contributed by atoms with Crippen LogP contribution < -0.4 is 5.32 Å². The second-order valence-electron chi connectivity index (χ2n) is 4.56. The Kier molecular flexibility index (Phi) is 3.96. The summed E-state index contributed by atoms with van der Waals surface area (Å²) in [6.45, 7) is 8.83. The predicted octanol–water partition coefficient (Wildman–Crippen LogP) is 2.06. The summed E-state index contributed by atoms with van der Waals surface area (Å²) in [7, 11) is 1.86. The minimum atomic E-state index is 0.0402. The van der Waals surface area contributed by atoms with Gasteiger partial charge in [0.1, 0.15) is 0 Å². The normalized spacial score (nSPS) is 16.0. The fourth-order valence-electron chi connectivity index (χ4n) is 2.24. The Bertz CT molecular complexity index is 455. The molecule has 1 N–H and O–H groups in total. The molecule has 0 saturated carbocycles. The highest BCUT2D eigenvalue weighted by atomic mass is 16.2. The lowest BCUT2D eigenvalue weighted by Gasteiger charge is -2.31. The summed E-state index contributed by atoms with van der Waals surface area (Å²) < 4.78 is 0. The van der Waals surface area contributed by atoms with Crippen molar-refractivity contribution in [3.05, 3.63) is 41.2 Å². The topological polar surface area (TPSA) is 36.7 Å². The monoisotopic (exact) mass is 243 g/mol. The number of amides is 1. The maximum Gasteiger partial charge on any atom is 0.253 e. The van der Waals surface area contributed by atoms with Crippen molar-refractivity contribution in [1.29, 1.82) is 0 Å². The average molecular weight is 243 g/mol. The van der Waals surface area contributed by atoms with Gasteiger partial charge in [-0.1, -0.05) is 24.3 Å². The number of carbonyl (C=O) groups excluding carboxylic acids is 1. The Morgan fingerprint density at radius 2 is 1.94 bits per heavy atom. The minimum absolute atomic E-state index is 0.0402. The second kappa shape index (κ2) is 5.65. The first kappa shape index (κ1) is 12.6. The number of hydrogen-bond acceptors (Lipinski definition) is 2. The summed E-state index contributed by atoms with van der Waals surface area (Å²) in [6.07, 6.45) is 2.00. The lowest BCUT2D eigenvalue weighted by Crippen LogP contribution is -2.43. The summed E-state index contributed by atoms with van der Waals surface area (Å²) in [5.74, 6) is 0.0402. The van der Waals surface area contributed by atoms with Crippen LogP contribution in [-0.4, -0.2) is 37.0 Å². The Morgan fingerprint density at radius 3 is 2.50 bits per heavy atom. The van der Waals surface area contributed by atoms with Crippen molar-refractivity contribution >= 4 is 11.6 Å². The van der Waals surface area contributed by atoms with Crippen molar-refractivity contribution in [2.24, 2.45) is 0 Å². The predicted molar refractivity (Wildman–Crippen MR) is 70.7 cm³/mol. The summed E-state index contributed by atoms with van der Waals surface area (Å²) in [6, 6.07) is 7.16. The van der Waals surface area contributed by atoms with Gasteiger partial charge in [-0.05, 0) is 25.9 Å². The molecule has 4 heteroatoms. The largest absolute Gasteiger partial charge is 0.339 e. The fraction of sp³-hybridized carbons (Fsp3) is 0.429. The molecule has 1 fully saturated rings. The molecule has 94 valence electrons. The van der Waals surface area contributed by atoms with Crippen molar-refractivity contribution in [3.63, 3.8) is 0 Å². The van der Waals surface area contributed by atoms with Crippen molar-refractivity contribution in [1.82, 2.24) is 10.2 Å². The van der Waals surface area contributed by atoms with Crippen LogP contribution in [0.4, 0.5) is 5.69 Å². The first-order chi connectivity index (χ1) is 8.72. The van der Waals surface area contributed by atoms with E-state index < -0.39 is 0 Å². The Hall–Kier alpha value is -1.86. The van der Waals surface area contributed by atoms with E-state index >= 15 is 0 Å². The molecular formula is C14H17N3O. The molecule has 0 aliphatic carbocycles. The van der Waals surface area contributed by atoms with E-state index in [-0.39, 0.29) is 5.91 Å². The molecule has 2 rings (SSSR count). The van der Waals surface area contributed by atoms with Crippen LogP contribution in [0.2, 0.25) is 0 Å². The van der Waals surface area contributed by atoms with Crippen LogP contribution in [0.25, 0.3) is 4.85 Å². The first-order valence-corrected chi connectivity index (χ1v) is 6.18. The van der Waals surface area contributed by atoms with Gasteiger partial charge in [0.2, 0.25) is 0 Å². The smallest absolute Gasteiger partial charge is 0.253 e. The number of nitrogens with zero attached hydrogens (tertiary/aromatic N) is 2. The van der Waals surface area contributed by atoms with E-state index in [9.17, 15) is 4.79 Å². The van der Waals surface area contributed by atoms with Gasteiger partial charge in [-0.15, -0.1) is 0 Å². The second-order valence-corrected chi connectivity index (χ2v) is 4.56. The van der Waals surface area contributed by atoms with Crippen molar-refractivity contribution < 1.29 is 4.79 Å². The zero-order chi connectivity index (χ0) is 13.0. The molecule has 0 bridgehead atoms. The lowest BCUT2D eigenvalue weighted by atomic mass is 10.0. The third kappa shape index (κ3) is 2.69. The van der Waals surface area contributed by atoms with Crippen LogP contribution >= 0.6 is 0 Å². The SMILES string of the molecule is [C-]#[N+]c1ccc(C(=O)N(C)C2CCNCC2)cc1. The van der Waals surface area contributed by atoms with Crippen LogP contribution in [0.1, 0.15) is 23.2 Å². The van der Waals surface area contributed by atoms with Crippen LogP contribution in [0, 0.1) is 6.57 Å². The minimum Gasteiger partial charge on any atom is -0.339 e. The molecule has 0 aromatic heterocycles. The van der Waals surface area contributed by atoms with Gasteiger partial charge in [-0.3, -0.25) is 4.79 Å². The Balaban J connectivity index is 2.07. The van der Waals surface area contributed by atoms with Crippen molar-refractivity contribution in [3.8, 4) is 0 Å². The molecule has 1 aromatic carbocycles. The van der Waals surface area contributed by atoms with E-state index in [0.29, 0.717) is 17.3 Å². The number of piperidine rings is 1. The van der Waals surface area contributed by atoms with E-state index in [1.165, 1.54) is 0 Å². The molecule has 4 nitrogen and oxygen atoms in total. The van der Waals surface area contributed by atoms with Crippen molar-refractivity contribution in [2.45, 2.75) is 18.9 Å². The third-order valence-corrected chi connectivity index (χ3v) is 3.42. The Morgan fingerprint density at radius 1 is 1.33 bits per heavy atom. The average Bonchev–Trinajstić information content (AvgIpc) is 2.47. The highest BCUT2D eigenvalue weighted by Crippen LogP contribution is 2.17. The van der Waals surface area contributed by atoms with Crippen LogP contribution in [-0.2, 0) is 0 Å². The summed E-state index contributed by atoms with van der Waals surface area (Å²) in [4.78, 5) is 17.4. The number of carbonyl (C=O) groups is 1. The molecular weight excluding hydrogens is 226 g/mol. The molecule has 0 radical (unpaired) electrons. The van der Waals surface area contributed by atoms with E-state index in [1.54, 1.807) is 24.3 Å². The molecule has 18 heavy (non-hydrogen) atoms. The van der Waals surface area contributed by atoms with E-state index in [4.69, 9.17) is 6.57 Å². The van der Waals surface area contributed by atoms with Crippen LogP contribution in [0.3, 0.4) is 0 Å². The molecule has 1 aromatic rings. The Labute approximate surface area is 107 Å². The van der Waals surface area contributed by atoms with Gasteiger partial charge in [-0.2, -0.15) is 0 Å². The number of nitrogens with one attached hydrogen (secondary N) is 1. The van der Waals surface area contributed by atoms with E-state index in [2.05, 4.69) is 10.2 Å². The maximum atomic E-state index is 12.3. The van der Waals surface area contributed by atoms with Gasteiger partial charge in [-0.25, -0.2) is 4.85 Å². The molecule has 1 amide bonds. The van der Waals surface area contributed by atoms with Gasteiger partial charge < -0.3 is 10.2 Å². The summed E-state index contributed by atoms with van der Waals surface area (Å²) >= 11 is 0. The van der Waals surface area contributed by atoms with Gasteiger partial charge in [0.05, 0.1) is 6.57 Å². The fourth-order valence-corrected chi connectivity index (χ4v) is 2.24. The highest BCUT2D eigenvalue weighted by Gasteiger charge is 2.22. The maximum absolute atomic E-state index is 12.3. The van der Waals surface area contributed by atoms with Gasteiger partial charge in [0, 0.05) is 18.7 Å². The van der Waals surface area contributed by atoms with Gasteiger partial charge in [0.15, 0.2) is 5.69 Å². The third-order valence-electron chi connectivity index (χ3n) is 3.42. The molecule has 1 aliphatic heterocycles. The van der Waals surface area contributed by atoms with E-state index in [0.717, 1.165) is 25.9 Å². The van der Waals surface area contributed by atoms with Gasteiger partial charge in [0.25, 0.3) is 5.91 Å². The molecule has 1 aliphatic rings. The first-order valence-electron chi connectivity index (χ1n) is 6.18. The van der Waals surface area contributed by atoms with E-state index in [1.807, 2.05) is 11.9 Å². The number of rotatable bonds is 2. The highest BCUT2D eigenvalue weighted by molar-refractivity contribution is 5.94. The molecule has 0 spiro atoms. The molecule has 1 saturated heterocycles. The summed E-state index contributed by atoms with van der Waals surface area (Å²) in [5, 5.41) is 3.29. The van der Waals surface area contributed by atoms with Crippen LogP contribution in [0.15, 0.2) is 24.3 Å². The standard InChI is InChI=1S/C14H17N3O/c1-15-12-5-3-11(4-6-12)14(18)17(2)13-7-9-16-10-8-13/h3-6,13,16H,7-10H2,2H3. The van der Waals surface area contributed by atoms with Gasteiger partial charge >= 0.3 is 0 Å². The number of hydrogen-bond donors (Lipinski definition) is 1. The van der Waals surface area contributed by atoms with Crippen molar-refractivity contribution in [2.75, 3.05) is 20.1 Å². The molecule has 0 unspecified atom stereocenters. The quantitative estimate of drug-likeness (QED) is 0.807. The molecule has 1 heterocycles. The number of benzene rings is 1. The zero-order valence-electron chi connectivity index (χ0n) is 10.5. The lowest BCUT2D eigenvalue weighted by molar-refractivity contribution is 0.0703. The molecule has 0 atom stereocenters. The zero-order valence-corrected chi connectivity index (χ0v) is 10.5. The summed E-state index contributed by atoms with van der Waals surface area (Å²) in [5.41, 5.74) is 1.22.